The number of carbonyl (C=O) groups is 1. The van der Waals surface area contributed by atoms with Crippen molar-refractivity contribution in [2.75, 3.05) is 6.54 Å². The van der Waals surface area contributed by atoms with Gasteiger partial charge < -0.3 is 5.32 Å². The molecular weight excluding hydrogens is 399 g/mol. The Morgan fingerprint density at radius 1 is 1.30 bits per heavy atom. The van der Waals surface area contributed by atoms with Crippen LogP contribution in [0.15, 0.2) is 54.2 Å². The monoisotopic (exact) mass is 419 g/mol. The van der Waals surface area contributed by atoms with Gasteiger partial charge in [0, 0.05) is 13.0 Å². The van der Waals surface area contributed by atoms with Crippen LogP contribution in [0.4, 0.5) is 13.2 Å². The van der Waals surface area contributed by atoms with Crippen LogP contribution in [0.25, 0.3) is 11.0 Å². The number of hydrogen-bond donors (Lipinski definition) is 1. The fraction of sp³-hybridized carbons (Fsp3) is 0.300. The number of aromatic nitrogens is 4. The summed E-state index contributed by atoms with van der Waals surface area (Å²) in [5, 5.41) is 7.13. The quantitative estimate of drug-likeness (QED) is 0.570. The first kappa shape index (κ1) is 21.3. The van der Waals surface area contributed by atoms with Gasteiger partial charge in [-0.05, 0) is 24.1 Å². The van der Waals surface area contributed by atoms with E-state index in [9.17, 15) is 22.8 Å². The number of halogens is 3. The van der Waals surface area contributed by atoms with Gasteiger partial charge in [-0.3, -0.25) is 14.2 Å². The van der Waals surface area contributed by atoms with Gasteiger partial charge in [0.1, 0.15) is 11.7 Å². The van der Waals surface area contributed by atoms with Crippen molar-refractivity contribution in [3.8, 4) is 0 Å². The fourth-order valence-electron chi connectivity index (χ4n) is 2.94. The summed E-state index contributed by atoms with van der Waals surface area (Å²) < 4.78 is 41.4. The van der Waals surface area contributed by atoms with Gasteiger partial charge in [-0.15, -0.1) is 6.58 Å². The summed E-state index contributed by atoms with van der Waals surface area (Å²) in [7, 11) is 0. The van der Waals surface area contributed by atoms with E-state index in [2.05, 4.69) is 22.0 Å². The highest BCUT2D eigenvalue weighted by atomic mass is 19.4. The second-order valence-electron chi connectivity index (χ2n) is 6.66. The zero-order chi connectivity index (χ0) is 21.7. The molecule has 2 heterocycles. The predicted molar refractivity (Wildman–Crippen MR) is 105 cm³/mol. The molecule has 0 radical (unpaired) electrons. The van der Waals surface area contributed by atoms with Crippen molar-refractivity contribution in [2.45, 2.75) is 32.1 Å². The van der Waals surface area contributed by atoms with E-state index in [1.54, 1.807) is 6.08 Å². The average molecular weight is 419 g/mol. The molecule has 1 N–H and O–H groups in total. The Hall–Kier alpha value is -3.43. The summed E-state index contributed by atoms with van der Waals surface area (Å²) in [6.07, 6.45) is 0.796. The highest BCUT2D eigenvalue weighted by molar-refractivity contribution is 5.76. The number of rotatable bonds is 8. The highest BCUT2D eigenvalue weighted by Gasteiger charge is 2.30. The maximum atomic E-state index is 12.9. The second kappa shape index (κ2) is 8.93. The smallest absolute Gasteiger partial charge is 0.354 e. The first-order valence-corrected chi connectivity index (χ1v) is 9.24. The molecule has 0 aliphatic carbocycles. The van der Waals surface area contributed by atoms with Crippen LogP contribution in [0.3, 0.4) is 0 Å². The molecular formula is C20H20F3N5O2. The van der Waals surface area contributed by atoms with Gasteiger partial charge in [-0.25, -0.2) is 9.67 Å². The van der Waals surface area contributed by atoms with E-state index in [0.29, 0.717) is 37.1 Å². The number of benzene rings is 1. The van der Waals surface area contributed by atoms with Gasteiger partial charge >= 0.3 is 6.18 Å². The van der Waals surface area contributed by atoms with Gasteiger partial charge in [-0.2, -0.15) is 18.3 Å². The summed E-state index contributed by atoms with van der Waals surface area (Å²) in [6.45, 7) is 4.16. The molecule has 0 unspecified atom stereocenters. The van der Waals surface area contributed by atoms with E-state index in [4.69, 9.17) is 0 Å². The van der Waals surface area contributed by atoms with Gasteiger partial charge in [0.05, 0.1) is 24.8 Å². The van der Waals surface area contributed by atoms with Gasteiger partial charge in [0.25, 0.3) is 5.56 Å². The highest BCUT2D eigenvalue weighted by Crippen LogP contribution is 2.29. The Morgan fingerprint density at radius 2 is 2.10 bits per heavy atom. The molecule has 7 nitrogen and oxygen atoms in total. The number of hydrogen-bond acceptors (Lipinski definition) is 4. The molecule has 2 aromatic heterocycles. The summed E-state index contributed by atoms with van der Waals surface area (Å²) in [5.74, 6) is -0.109. The number of carbonyl (C=O) groups excluding carboxylic acids is 1. The summed E-state index contributed by atoms with van der Waals surface area (Å²) in [4.78, 5) is 28.6. The zero-order valence-electron chi connectivity index (χ0n) is 16.0. The number of nitrogens with zero attached hydrogens (tertiary/aromatic N) is 4. The number of fused-ring (bicyclic) bond motifs is 1. The molecule has 0 fully saturated rings. The number of allylic oxidation sites excluding steroid dienone is 1. The lowest BCUT2D eigenvalue weighted by molar-refractivity contribution is -0.137. The second-order valence-corrected chi connectivity index (χ2v) is 6.66. The minimum atomic E-state index is -4.45. The van der Waals surface area contributed by atoms with E-state index >= 15 is 0 Å². The molecule has 30 heavy (non-hydrogen) atoms. The van der Waals surface area contributed by atoms with E-state index in [1.807, 2.05) is 0 Å². The van der Waals surface area contributed by atoms with Crippen LogP contribution >= 0.6 is 0 Å². The van der Waals surface area contributed by atoms with Crippen molar-refractivity contribution < 1.29 is 18.0 Å². The van der Waals surface area contributed by atoms with Crippen LogP contribution in [0.5, 0.6) is 0 Å². The van der Waals surface area contributed by atoms with Crippen LogP contribution in [0.1, 0.15) is 24.0 Å². The summed E-state index contributed by atoms with van der Waals surface area (Å²) in [6, 6.07) is 4.81. The minimum absolute atomic E-state index is 0.0454. The third kappa shape index (κ3) is 4.94. The molecule has 0 atom stereocenters. The van der Waals surface area contributed by atoms with Crippen LogP contribution in [-0.2, 0) is 24.1 Å². The van der Waals surface area contributed by atoms with Crippen molar-refractivity contribution in [2.24, 2.45) is 0 Å². The summed E-state index contributed by atoms with van der Waals surface area (Å²) >= 11 is 0. The standard InChI is InChI=1S/C20H20F3N5O2/c1-2-3-7-17(29)24-8-9-28-18-16(11-26-28)19(30)27(13-25-18)12-14-5-4-6-15(10-14)20(21,22)23/h2,4-6,10-11,13H,1,3,7-9,12H2,(H,24,29). The Kier molecular flexibility index (Phi) is 6.34. The molecule has 0 bridgehead atoms. The van der Waals surface area contributed by atoms with E-state index < -0.39 is 17.3 Å². The maximum absolute atomic E-state index is 12.9. The number of alkyl halides is 3. The predicted octanol–water partition coefficient (Wildman–Crippen LogP) is 2.74. The van der Waals surface area contributed by atoms with Crippen LogP contribution < -0.4 is 10.9 Å². The molecule has 158 valence electrons. The summed E-state index contributed by atoms with van der Waals surface area (Å²) in [5.41, 5.74) is -0.493. The van der Waals surface area contributed by atoms with Crippen LogP contribution in [0.2, 0.25) is 0 Å². The molecule has 0 aliphatic rings. The van der Waals surface area contributed by atoms with Crippen LogP contribution in [0, 0.1) is 0 Å². The zero-order valence-corrected chi connectivity index (χ0v) is 16.0. The minimum Gasteiger partial charge on any atom is -0.354 e. The average Bonchev–Trinajstić information content (AvgIpc) is 3.12. The molecule has 3 aromatic rings. The molecule has 10 heteroatoms. The molecule has 0 aliphatic heterocycles. The largest absolute Gasteiger partial charge is 0.416 e. The molecule has 1 aromatic carbocycles. The number of amides is 1. The van der Waals surface area contributed by atoms with E-state index in [0.717, 1.165) is 12.1 Å². The molecule has 3 rings (SSSR count). The first-order chi connectivity index (χ1) is 14.3. The topological polar surface area (TPSA) is 81.8 Å². The van der Waals surface area contributed by atoms with Crippen molar-refractivity contribution in [3.63, 3.8) is 0 Å². The third-order valence-electron chi connectivity index (χ3n) is 4.45. The van der Waals surface area contributed by atoms with E-state index in [-0.39, 0.29) is 17.8 Å². The SMILES string of the molecule is C=CCCC(=O)NCCn1ncc2c(=O)n(Cc3cccc(C(F)(F)F)c3)cnc21. The van der Waals surface area contributed by atoms with Crippen molar-refractivity contribution in [3.05, 3.63) is 70.9 Å². The third-order valence-corrected chi connectivity index (χ3v) is 4.45. The normalized spacial score (nSPS) is 11.6. The van der Waals surface area contributed by atoms with Gasteiger partial charge in [0.2, 0.25) is 5.91 Å². The number of nitrogens with one attached hydrogen (secondary N) is 1. The first-order valence-electron chi connectivity index (χ1n) is 9.24. The van der Waals surface area contributed by atoms with Gasteiger partial charge in [-0.1, -0.05) is 18.2 Å². The Labute approximate surface area is 169 Å². The van der Waals surface area contributed by atoms with Crippen molar-refractivity contribution in [1.82, 2.24) is 24.6 Å². The fourth-order valence-corrected chi connectivity index (χ4v) is 2.94. The Bertz CT molecular complexity index is 1120. The van der Waals surface area contributed by atoms with Gasteiger partial charge in [0.15, 0.2) is 5.65 Å². The molecule has 1 amide bonds. The van der Waals surface area contributed by atoms with Crippen molar-refractivity contribution in [1.29, 1.82) is 0 Å². The maximum Gasteiger partial charge on any atom is 0.416 e. The lowest BCUT2D eigenvalue weighted by Crippen LogP contribution is -2.27. The molecule has 0 saturated carbocycles. The Balaban J connectivity index is 1.74. The molecule has 0 saturated heterocycles. The van der Waals surface area contributed by atoms with Crippen molar-refractivity contribution >= 4 is 16.9 Å². The Morgan fingerprint density at radius 3 is 2.83 bits per heavy atom. The lowest BCUT2D eigenvalue weighted by Gasteiger charge is -2.10. The van der Waals surface area contributed by atoms with Crippen LogP contribution in [-0.4, -0.2) is 31.8 Å². The lowest BCUT2D eigenvalue weighted by atomic mass is 10.1. The molecule has 0 spiro atoms. The van der Waals surface area contributed by atoms with E-state index in [1.165, 1.54) is 33.9 Å².